The Balaban J connectivity index is 2.20. The fraction of sp³-hybridized carbons (Fsp3) is 0.417. The summed E-state index contributed by atoms with van der Waals surface area (Å²) in [4.78, 5) is 10.6. The van der Waals surface area contributed by atoms with Crippen LogP contribution in [-0.4, -0.2) is 25.5 Å². The lowest BCUT2D eigenvalue weighted by molar-refractivity contribution is -0.118. The first kappa shape index (κ1) is 14.3. The summed E-state index contributed by atoms with van der Waals surface area (Å²) in [5, 5.41) is 7.29. The van der Waals surface area contributed by atoms with Crippen LogP contribution in [0.1, 0.15) is 12.5 Å². The molecule has 2 N–H and O–H groups in total. The molecule has 17 heavy (non-hydrogen) atoms. The van der Waals surface area contributed by atoms with E-state index in [0.717, 1.165) is 25.1 Å². The zero-order valence-electron chi connectivity index (χ0n) is 9.72. The highest BCUT2D eigenvalue weighted by molar-refractivity contribution is 6.35. The van der Waals surface area contributed by atoms with Crippen LogP contribution in [0.3, 0.4) is 0 Å². The van der Waals surface area contributed by atoms with Gasteiger partial charge < -0.3 is 10.6 Å². The van der Waals surface area contributed by atoms with Gasteiger partial charge in [0, 0.05) is 30.1 Å². The van der Waals surface area contributed by atoms with Crippen molar-refractivity contribution >= 4 is 29.1 Å². The van der Waals surface area contributed by atoms with Crippen LogP contribution in [0.4, 0.5) is 0 Å². The zero-order chi connectivity index (χ0) is 12.7. The third kappa shape index (κ3) is 5.91. The van der Waals surface area contributed by atoms with E-state index < -0.39 is 0 Å². The summed E-state index contributed by atoms with van der Waals surface area (Å²) in [6.07, 6.45) is 0.843. The summed E-state index contributed by atoms with van der Waals surface area (Å²) in [6, 6.07) is 5.51. The molecule has 0 bridgehead atoms. The van der Waals surface area contributed by atoms with Gasteiger partial charge in [0.25, 0.3) is 0 Å². The normalized spacial score (nSPS) is 10.3. The van der Waals surface area contributed by atoms with Crippen molar-refractivity contribution in [3.05, 3.63) is 33.8 Å². The van der Waals surface area contributed by atoms with E-state index in [9.17, 15) is 4.79 Å². The van der Waals surface area contributed by atoms with Crippen molar-refractivity contribution in [3.8, 4) is 0 Å². The second-order valence-corrected chi connectivity index (χ2v) is 4.56. The van der Waals surface area contributed by atoms with E-state index in [-0.39, 0.29) is 5.91 Å². The minimum absolute atomic E-state index is 0.00690. The molecule has 0 heterocycles. The maximum atomic E-state index is 10.6. The number of rotatable bonds is 6. The lowest BCUT2D eigenvalue weighted by Crippen LogP contribution is -2.31. The number of benzene rings is 1. The lowest BCUT2D eigenvalue weighted by Gasteiger charge is -2.07. The second kappa shape index (κ2) is 7.54. The van der Waals surface area contributed by atoms with E-state index in [1.807, 2.05) is 12.1 Å². The summed E-state index contributed by atoms with van der Waals surface area (Å²) in [5.41, 5.74) is 1.07. The van der Waals surface area contributed by atoms with Crippen molar-refractivity contribution in [2.24, 2.45) is 0 Å². The molecule has 94 valence electrons. The maximum Gasteiger partial charge on any atom is 0.216 e. The number of hydrogen-bond donors (Lipinski definition) is 2. The van der Waals surface area contributed by atoms with E-state index in [0.29, 0.717) is 16.6 Å². The van der Waals surface area contributed by atoms with Gasteiger partial charge in [0.2, 0.25) is 5.91 Å². The van der Waals surface area contributed by atoms with Crippen molar-refractivity contribution in [2.75, 3.05) is 19.6 Å². The monoisotopic (exact) mass is 274 g/mol. The maximum absolute atomic E-state index is 10.6. The molecule has 0 atom stereocenters. The number of hydrogen-bond acceptors (Lipinski definition) is 2. The Hall–Kier alpha value is -0.770. The average Bonchev–Trinajstić information content (AvgIpc) is 2.25. The number of carbonyl (C=O) groups is 1. The van der Waals surface area contributed by atoms with E-state index in [1.54, 1.807) is 6.07 Å². The summed E-state index contributed by atoms with van der Waals surface area (Å²) < 4.78 is 0. The van der Waals surface area contributed by atoms with Gasteiger partial charge in [0.15, 0.2) is 0 Å². The zero-order valence-corrected chi connectivity index (χ0v) is 11.2. The second-order valence-electron chi connectivity index (χ2n) is 3.72. The van der Waals surface area contributed by atoms with Crippen LogP contribution in [0.5, 0.6) is 0 Å². The van der Waals surface area contributed by atoms with Gasteiger partial charge in [0.05, 0.1) is 0 Å². The number of halogens is 2. The van der Waals surface area contributed by atoms with Gasteiger partial charge in [-0.05, 0) is 30.7 Å². The summed E-state index contributed by atoms with van der Waals surface area (Å²) in [7, 11) is 0. The Morgan fingerprint density at radius 3 is 2.65 bits per heavy atom. The highest BCUT2D eigenvalue weighted by atomic mass is 35.5. The highest BCUT2D eigenvalue weighted by Gasteiger charge is 2.00. The lowest BCUT2D eigenvalue weighted by atomic mass is 10.1. The Morgan fingerprint density at radius 2 is 2.00 bits per heavy atom. The molecule has 1 aromatic carbocycles. The molecule has 5 heteroatoms. The van der Waals surface area contributed by atoms with Crippen LogP contribution >= 0.6 is 23.2 Å². The molecule has 0 fully saturated rings. The fourth-order valence-electron chi connectivity index (χ4n) is 1.40. The molecule has 0 aromatic heterocycles. The van der Waals surface area contributed by atoms with E-state index in [4.69, 9.17) is 23.2 Å². The van der Waals surface area contributed by atoms with Gasteiger partial charge in [-0.25, -0.2) is 0 Å². The molecular formula is C12H16Cl2N2O. The number of carbonyl (C=O) groups excluding carboxylic acids is 1. The summed E-state index contributed by atoms with van der Waals surface area (Å²) >= 11 is 11.9. The van der Waals surface area contributed by atoms with Gasteiger partial charge in [-0.2, -0.15) is 0 Å². The first-order valence-corrected chi connectivity index (χ1v) is 6.24. The van der Waals surface area contributed by atoms with Crippen LogP contribution in [0.25, 0.3) is 0 Å². The minimum atomic E-state index is -0.00690. The molecule has 0 aliphatic heterocycles. The predicted molar refractivity (Wildman–Crippen MR) is 71.7 cm³/mol. The molecule has 1 amide bonds. The first-order chi connectivity index (χ1) is 8.09. The summed E-state index contributed by atoms with van der Waals surface area (Å²) in [6.45, 7) is 3.73. The van der Waals surface area contributed by atoms with E-state index in [2.05, 4.69) is 10.6 Å². The van der Waals surface area contributed by atoms with Crippen molar-refractivity contribution < 1.29 is 4.79 Å². The molecule has 0 spiro atoms. The van der Waals surface area contributed by atoms with Crippen molar-refractivity contribution in [1.82, 2.24) is 10.6 Å². The van der Waals surface area contributed by atoms with Crippen molar-refractivity contribution in [3.63, 3.8) is 0 Å². The van der Waals surface area contributed by atoms with Crippen LogP contribution < -0.4 is 10.6 Å². The standard InChI is InChI=1S/C12H16Cl2N2O/c1-9(17)16-7-6-15-5-4-10-2-3-11(13)8-12(10)14/h2-3,8,15H,4-7H2,1H3,(H,16,17). The molecule has 0 aliphatic rings. The number of amides is 1. The van der Waals surface area contributed by atoms with Crippen molar-refractivity contribution in [2.45, 2.75) is 13.3 Å². The Morgan fingerprint density at radius 1 is 1.24 bits per heavy atom. The van der Waals surface area contributed by atoms with Gasteiger partial charge >= 0.3 is 0 Å². The van der Waals surface area contributed by atoms with Crippen LogP contribution in [0.15, 0.2) is 18.2 Å². The number of nitrogens with one attached hydrogen (secondary N) is 2. The smallest absolute Gasteiger partial charge is 0.216 e. The molecule has 0 saturated carbocycles. The molecular weight excluding hydrogens is 259 g/mol. The Labute approximate surface area is 111 Å². The Kier molecular flexibility index (Phi) is 6.34. The molecule has 0 radical (unpaired) electrons. The topological polar surface area (TPSA) is 41.1 Å². The van der Waals surface area contributed by atoms with Crippen LogP contribution in [0.2, 0.25) is 10.0 Å². The molecule has 0 unspecified atom stereocenters. The van der Waals surface area contributed by atoms with E-state index >= 15 is 0 Å². The van der Waals surface area contributed by atoms with Gasteiger partial charge in [-0.15, -0.1) is 0 Å². The van der Waals surface area contributed by atoms with E-state index in [1.165, 1.54) is 6.92 Å². The third-order valence-corrected chi connectivity index (χ3v) is 2.85. The summed E-state index contributed by atoms with van der Waals surface area (Å²) in [5.74, 6) is -0.00690. The first-order valence-electron chi connectivity index (χ1n) is 5.48. The fourth-order valence-corrected chi connectivity index (χ4v) is 1.90. The molecule has 0 saturated heterocycles. The van der Waals surface area contributed by atoms with Gasteiger partial charge in [0.1, 0.15) is 0 Å². The molecule has 3 nitrogen and oxygen atoms in total. The highest BCUT2D eigenvalue weighted by Crippen LogP contribution is 2.20. The molecule has 1 rings (SSSR count). The van der Waals surface area contributed by atoms with Gasteiger partial charge in [-0.3, -0.25) is 4.79 Å². The van der Waals surface area contributed by atoms with Gasteiger partial charge in [-0.1, -0.05) is 29.3 Å². The minimum Gasteiger partial charge on any atom is -0.355 e. The SMILES string of the molecule is CC(=O)NCCNCCc1ccc(Cl)cc1Cl. The van der Waals surface area contributed by atoms with Crippen LogP contribution in [-0.2, 0) is 11.2 Å². The predicted octanol–water partition coefficient (Wildman–Crippen LogP) is 2.26. The molecule has 0 aliphatic carbocycles. The van der Waals surface area contributed by atoms with Crippen LogP contribution in [0, 0.1) is 0 Å². The third-order valence-electron chi connectivity index (χ3n) is 2.26. The van der Waals surface area contributed by atoms with Crippen molar-refractivity contribution in [1.29, 1.82) is 0 Å². The molecule has 1 aromatic rings. The average molecular weight is 275 g/mol. The Bertz CT molecular complexity index is 383. The quantitative estimate of drug-likeness (QED) is 0.782. The largest absolute Gasteiger partial charge is 0.355 e.